The lowest BCUT2D eigenvalue weighted by Crippen LogP contribution is -2.09. The van der Waals surface area contributed by atoms with Crippen LogP contribution in [0.4, 0.5) is 23.4 Å². The number of aromatic nitrogens is 3. The number of hydrogen-bond donors (Lipinski definition) is 1. The van der Waals surface area contributed by atoms with Gasteiger partial charge >= 0.3 is 6.18 Å². The van der Waals surface area contributed by atoms with E-state index in [9.17, 15) is 17.6 Å². The van der Waals surface area contributed by atoms with Crippen molar-refractivity contribution in [3.63, 3.8) is 0 Å². The Hall–Kier alpha value is -2.84. The minimum atomic E-state index is -4.61. The van der Waals surface area contributed by atoms with E-state index >= 15 is 0 Å². The fourth-order valence-electron chi connectivity index (χ4n) is 2.27. The first-order chi connectivity index (χ1) is 10.8. The molecule has 0 saturated carbocycles. The van der Waals surface area contributed by atoms with Crippen LogP contribution in [-0.4, -0.2) is 21.5 Å². The van der Waals surface area contributed by atoms with E-state index in [2.05, 4.69) is 9.97 Å². The van der Waals surface area contributed by atoms with Gasteiger partial charge in [0.2, 0.25) is 5.95 Å². The van der Waals surface area contributed by atoms with Crippen LogP contribution in [0.3, 0.4) is 0 Å². The van der Waals surface area contributed by atoms with Gasteiger partial charge in [-0.1, -0.05) is 0 Å². The number of alkyl halides is 3. The van der Waals surface area contributed by atoms with Gasteiger partial charge in [0.15, 0.2) is 0 Å². The molecule has 0 unspecified atom stereocenters. The first kappa shape index (κ1) is 15.1. The average Bonchev–Trinajstić information content (AvgIpc) is 2.86. The van der Waals surface area contributed by atoms with Gasteiger partial charge in [-0.05, 0) is 6.07 Å². The standard InChI is InChI=1S/C14H10F4N4O/c1-23-10-4-13-20-5-9(7-2-11(15)21-12(19)3-7)22(13)6-8(10)14(16,17)18/h2-6H,1H3,(H2,19,21). The first-order valence-corrected chi connectivity index (χ1v) is 6.35. The van der Waals surface area contributed by atoms with Crippen molar-refractivity contribution in [3.05, 3.63) is 42.1 Å². The van der Waals surface area contributed by atoms with Gasteiger partial charge in [-0.3, -0.25) is 4.40 Å². The van der Waals surface area contributed by atoms with Gasteiger partial charge in [-0.2, -0.15) is 17.6 Å². The van der Waals surface area contributed by atoms with Crippen LogP contribution in [0.25, 0.3) is 16.9 Å². The minimum absolute atomic E-state index is 0.0838. The van der Waals surface area contributed by atoms with E-state index in [-0.39, 0.29) is 28.5 Å². The van der Waals surface area contributed by atoms with Gasteiger partial charge in [0.1, 0.15) is 22.8 Å². The van der Waals surface area contributed by atoms with E-state index in [1.54, 1.807) is 0 Å². The molecule has 9 heteroatoms. The molecule has 3 aromatic rings. The quantitative estimate of drug-likeness (QED) is 0.580. The summed E-state index contributed by atoms with van der Waals surface area (Å²) in [5.41, 5.74) is 5.25. The Morgan fingerprint density at radius 1 is 1.22 bits per heavy atom. The summed E-state index contributed by atoms with van der Waals surface area (Å²) < 4.78 is 58.7. The number of ether oxygens (including phenoxy) is 1. The maximum absolute atomic E-state index is 13.4. The number of halogens is 4. The van der Waals surface area contributed by atoms with Crippen LogP contribution in [0.5, 0.6) is 5.75 Å². The van der Waals surface area contributed by atoms with Crippen molar-refractivity contribution in [2.75, 3.05) is 12.8 Å². The lowest BCUT2D eigenvalue weighted by molar-refractivity contribution is -0.139. The van der Waals surface area contributed by atoms with Crippen LogP contribution >= 0.6 is 0 Å². The second kappa shape index (κ2) is 5.11. The van der Waals surface area contributed by atoms with Crippen molar-refractivity contribution in [3.8, 4) is 17.0 Å². The van der Waals surface area contributed by atoms with E-state index < -0.39 is 17.7 Å². The third kappa shape index (κ3) is 2.65. The highest BCUT2D eigenvalue weighted by Gasteiger charge is 2.35. The molecule has 3 rings (SSSR count). The topological polar surface area (TPSA) is 65.4 Å². The molecule has 0 radical (unpaired) electrons. The molecule has 23 heavy (non-hydrogen) atoms. The number of methoxy groups -OCH3 is 1. The molecule has 5 nitrogen and oxygen atoms in total. The molecule has 0 bridgehead atoms. The molecule has 0 atom stereocenters. The number of imidazole rings is 1. The number of anilines is 1. The molecule has 3 heterocycles. The summed E-state index contributed by atoms with van der Waals surface area (Å²) in [6.07, 6.45) is -2.43. The number of fused-ring (bicyclic) bond motifs is 1. The summed E-state index contributed by atoms with van der Waals surface area (Å²) in [6.45, 7) is 0. The van der Waals surface area contributed by atoms with Crippen LogP contribution in [0.2, 0.25) is 0 Å². The molecule has 0 saturated heterocycles. The summed E-state index contributed by atoms with van der Waals surface area (Å²) in [6, 6.07) is 3.58. The van der Waals surface area contributed by atoms with E-state index in [1.165, 1.54) is 16.7 Å². The smallest absolute Gasteiger partial charge is 0.421 e. The minimum Gasteiger partial charge on any atom is -0.496 e. The second-order valence-electron chi connectivity index (χ2n) is 4.73. The lowest BCUT2D eigenvalue weighted by Gasteiger charge is -2.13. The molecule has 0 aliphatic heterocycles. The highest BCUT2D eigenvalue weighted by Crippen LogP contribution is 2.37. The van der Waals surface area contributed by atoms with Crippen molar-refractivity contribution >= 4 is 11.5 Å². The van der Waals surface area contributed by atoms with Crippen molar-refractivity contribution in [1.82, 2.24) is 14.4 Å². The van der Waals surface area contributed by atoms with Crippen LogP contribution in [-0.2, 0) is 6.18 Å². The van der Waals surface area contributed by atoms with Crippen LogP contribution in [0.1, 0.15) is 5.56 Å². The first-order valence-electron chi connectivity index (χ1n) is 6.35. The van der Waals surface area contributed by atoms with Crippen molar-refractivity contribution < 1.29 is 22.3 Å². The Bertz CT molecular complexity index is 868. The van der Waals surface area contributed by atoms with Crippen molar-refractivity contribution in [1.29, 1.82) is 0 Å². The zero-order chi connectivity index (χ0) is 16.8. The molecule has 3 aromatic heterocycles. The maximum atomic E-state index is 13.4. The van der Waals surface area contributed by atoms with Gasteiger partial charge in [0.05, 0.1) is 19.0 Å². The Balaban J connectivity index is 2.27. The normalized spacial score (nSPS) is 11.9. The van der Waals surface area contributed by atoms with E-state index in [0.717, 1.165) is 25.4 Å². The molecule has 120 valence electrons. The van der Waals surface area contributed by atoms with Gasteiger partial charge in [0, 0.05) is 23.9 Å². The fourth-order valence-corrected chi connectivity index (χ4v) is 2.27. The molecule has 0 amide bonds. The van der Waals surface area contributed by atoms with E-state index in [4.69, 9.17) is 10.5 Å². The molecule has 0 spiro atoms. The molecule has 0 aliphatic rings. The highest BCUT2D eigenvalue weighted by atomic mass is 19.4. The van der Waals surface area contributed by atoms with Crippen LogP contribution in [0, 0.1) is 5.95 Å². The second-order valence-corrected chi connectivity index (χ2v) is 4.73. The number of nitrogens with zero attached hydrogens (tertiary/aromatic N) is 3. The van der Waals surface area contributed by atoms with E-state index in [1.807, 2.05) is 0 Å². The molecular weight excluding hydrogens is 316 g/mol. The van der Waals surface area contributed by atoms with E-state index in [0.29, 0.717) is 0 Å². The third-order valence-electron chi connectivity index (χ3n) is 3.24. The number of rotatable bonds is 2. The summed E-state index contributed by atoms with van der Waals surface area (Å²) >= 11 is 0. The summed E-state index contributed by atoms with van der Waals surface area (Å²) in [4.78, 5) is 7.41. The van der Waals surface area contributed by atoms with Crippen molar-refractivity contribution in [2.24, 2.45) is 0 Å². The Morgan fingerprint density at radius 3 is 2.57 bits per heavy atom. The summed E-state index contributed by atoms with van der Waals surface area (Å²) in [5, 5.41) is 0. The van der Waals surface area contributed by atoms with Crippen LogP contribution < -0.4 is 10.5 Å². The number of nitrogen functional groups attached to an aromatic ring is 1. The van der Waals surface area contributed by atoms with Crippen LogP contribution in [0.15, 0.2) is 30.6 Å². The zero-order valence-electron chi connectivity index (χ0n) is 11.7. The van der Waals surface area contributed by atoms with Gasteiger partial charge < -0.3 is 10.5 Å². The Labute approximate surface area is 127 Å². The van der Waals surface area contributed by atoms with Gasteiger partial charge in [0.25, 0.3) is 0 Å². The summed E-state index contributed by atoms with van der Waals surface area (Å²) in [7, 11) is 1.14. The maximum Gasteiger partial charge on any atom is 0.421 e. The Morgan fingerprint density at radius 2 is 1.96 bits per heavy atom. The third-order valence-corrected chi connectivity index (χ3v) is 3.24. The lowest BCUT2D eigenvalue weighted by atomic mass is 10.2. The predicted molar refractivity (Wildman–Crippen MR) is 74.3 cm³/mol. The Kier molecular flexibility index (Phi) is 3.35. The van der Waals surface area contributed by atoms with Gasteiger partial charge in [-0.15, -0.1) is 0 Å². The van der Waals surface area contributed by atoms with Gasteiger partial charge in [-0.25, -0.2) is 9.97 Å². The fraction of sp³-hybridized carbons (Fsp3) is 0.143. The molecular formula is C14H10F4N4O. The highest BCUT2D eigenvalue weighted by molar-refractivity contribution is 5.67. The molecule has 0 aromatic carbocycles. The number of hydrogen-bond acceptors (Lipinski definition) is 4. The number of nitrogens with two attached hydrogens (primary N) is 1. The SMILES string of the molecule is COc1cc2ncc(-c3cc(N)nc(F)c3)n2cc1C(F)(F)F. The monoisotopic (exact) mass is 326 g/mol. The molecule has 0 fully saturated rings. The molecule has 0 aliphatic carbocycles. The van der Waals surface area contributed by atoms with Crippen molar-refractivity contribution in [2.45, 2.75) is 6.18 Å². The number of pyridine rings is 2. The molecule has 2 N–H and O–H groups in total. The zero-order valence-corrected chi connectivity index (χ0v) is 11.7. The largest absolute Gasteiger partial charge is 0.496 e. The summed E-state index contributed by atoms with van der Waals surface area (Å²) in [5.74, 6) is -1.26. The average molecular weight is 326 g/mol. The predicted octanol–water partition coefficient (Wildman–Crippen LogP) is 3.15.